The summed E-state index contributed by atoms with van der Waals surface area (Å²) < 4.78 is 0. The maximum atomic E-state index is 12.4. The smallest absolute Gasteiger partial charge is 0.220 e. The van der Waals surface area contributed by atoms with Crippen LogP contribution in [0.2, 0.25) is 0 Å². The summed E-state index contributed by atoms with van der Waals surface area (Å²) in [6.07, 6.45) is 6.58. The first-order valence-electron chi connectivity index (χ1n) is 8.93. The summed E-state index contributed by atoms with van der Waals surface area (Å²) in [6, 6.07) is 0.217. The number of nitrogens with two attached hydrogens (primary N) is 1. The van der Waals surface area contributed by atoms with Crippen molar-refractivity contribution in [2.75, 3.05) is 46.3 Å². The van der Waals surface area contributed by atoms with Crippen LogP contribution in [0.15, 0.2) is 0 Å². The first-order valence-corrected chi connectivity index (χ1v) is 8.93. The highest BCUT2D eigenvalue weighted by Gasteiger charge is 2.33. The summed E-state index contributed by atoms with van der Waals surface area (Å²) in [5, 5.41) is 3.20. The van der Waals surface area contributed by atoms with Crippen LogP contribution in [-0.2, 0) is 4.79 Å². The molecule has 22 heavy (non-hydrogen) atoms. The zero-order valence-corrected chi connectivity index (χ0v) is 14.4. The molecule has 0 spiro atoms. The van der Waals surface area contributed by atoms with Gasteiger partial charge in [-0.2, -0.15) is 0 Å². The van der Waals surface area contributed by atoms with Gasteiger partial charge in [0, 0.05) is 45.2 Å². The highest BCUT2D eigenvalue weighted by atomic mass is 16.1. The third kappa shape index (κ3) is 5.21. The van der Waals surface area contributed by atoms with Gasteiger partial charge in [0.15, 0.2) is 0 Å². The molecule has 0 radical (unpaired) electrons. The zero-order chi connectivity index (χ0) is 16.0. The van der Waals surface area contributed by atoms with Crippen LogP contribution in [-0.4, -0.2) is 68.1 Å². The Hall–Kier alpha value is -0.650. The molecular formula is C17H34N4O. The predicted molar refractivity (Wildman–Crippen MR) is 90.7 cm³/mol. The van der Waals surface area contributed by atoms with Crippen LogP contribution in [0.3, 0.4) is 0 Å². The Morgan fingerprint density at radius 2 is 1.82 bits per heavy atom. The molecule has 3 N–H and O–H groups in total. The Morgan fingerprint density at radius 3 is 2.41 bits per heavy atom. The van der Waals surface area contributed by atoms with Gasteiger partial charge in [0.2, 0.25) is 5.91 Å². The topological polar surface area (TPSA) is 61.6 Å². The Kier molecular flexibility index (Phi) is 6.66. The number of carbonyl (C=O) groups is 1. The summed E-state index contributed by atoms with van der Waals surface area (Å²) in [7, 11) is 2.17. The van der Waals surface area contributed by atoms with E-state index in [2.05, 4.69) is 29.1 Å². The second-order valence-electron chi connectivity index (χ2n) is 7.51. The van der Waals surface area contributed by atoms with Gasteiger partial charge in [-0.1, -0.05) is 19.3 Å². The molecule has 1 saturated heterocycles. The molecule has 2 fully saturated rings. The summed E-state index contributed by atoms with van der Waals surface area (Å²) in [5.74, 6) is 0.189. The van der Waals surface area contributed by atoms with E-state index in [0.717, 1.165) is 45.6 Å². The fourth-order valence-electron chi connectivity index (χ4n) is 3.88. The number of nitrogens with one attached hydrogen (secondary N) is 1. The van der Waals surface area contributed by atoms with Crippen molar-refractivity contribution in [3.05, 3.63) is 0 Å². The molecule has 0 aromatic heterocycles. The maximum Gasteiger partial charge on any atom is 0.220 e. The molecule has 2 rings (SSSR count). The lowest BCUT2D eigenvalue weighted by molar-refractivity contribution is -0.124. The van der Waals surface area contributed by atoms with E-state index in [0.29, 0.717) is 13.0 Å². The van der Waals surface area contributed by atoms with E-state index in [4.69, 9.17) is 5.73 Å². The average Bonchev–Trinajstić information content (AvgIpc) is 2.50. The van der Waals surface area contributed by atoms with Crippen molar-refractivity contribution in [2.45, 2.75) is 51.5 Å². The fraction of sp³-hybridized carbons (Fsp3) is 0.941. The first-order chi connectivity index (χ1) is 10.5. The van der Waals surface area contributed by atoms with Gasteiger partial charge in [0.05, 0.1) is 0 Å². The molecule has 1 unspecified atom stereocenters. The number of piperazine rings is 1. The molecule has 1 aliphatic carbocycles. The molecule has 1 atom stereocenters. The number of carbonyl (C=O) groups excluding carboxylic acids is 1. The van der Waals surface area contributed by atoms with E-state index in [1.54, 1.807) is 0 Å². The van der Waals surface area contributed by atoms with Gasteiger partial charge >= 0.3 is 0 Å². The van der Waals surface area contributed by atoms with Gasteiger partial charge in [-0.05, 0) is 38.8 Å². The quantitative estimate of drug-likeness (QED) is 0.769. The van der Waals surface area contributed by atoms with Crippen molar-refractivity contribution in [1.82, 2.24) is 15.1 Å². The molecule has 5 nitrogen and oxygen atoms in total. The monoisotopic (exact) mass is 310 g/mol. The van der Waals surface area contributed by atoms with Crippen molar-refractivity contribution in [1.29, 1.82) is 0 Å². The largest absolute Gasteiger partial charge is 0.352 e. The Bertz CT molecular complexity index is 347. The number of likely N-dealkylation sites (N-methyl/N-ethyl adjacent to an activating group) is 1. The fourth-order valence-corrected chi connectivity index (χ4v) is 3.88. The van der Waals surface area contributed by atoms with Crippen molar-refractivity contribution >= 4 is 5.91 Å². The van der Waals surface area contributed by atoms with E-state index < -0.39 is 0 Å². The van der Waals surface area contributed by atoms with Crippen LogP contribution in [0.4, 0.5) is 0 Å². The second kappa shape index (κ2) is 8.27. The molecule has 2 aliphatic rings. The van der Waals surface area contributed by atoms with Crippen molar-refractivity contribution in [3.8, 4) is 0 Å². The van der Waals surface area contributed by atoms with E-state index in [9.17, 15) is 4.79 Å². The van der Waals surface area contributed by atoms with E-state index in [-0.39, 0.29) is 17.4 Å². The number of nitrogens with zero attached hydrogens (tertiary/aromatic N) is 2. The van der Waals surface area contributed by atoms with Crippen LogP contribution in [0, 0.1) is 5.41 Å². The summed E-state index contributed by atoms with van der Waals surface area (Å²) in [6.45, 7) is 8.16. The van der Waals surface area contributed by atoms with Crippen molar-refractivity contribution in [2.24, 2.45) is 11.1 Å². The molecule has 5 heteroatoms. The van der Waals surface area contributed by atoms with Gasteiger partial charge in [-0.15, -0.1) is 0 Å². The lowest BCUT2D eigenvalue weighted by Crippen LogP contribution is -2.50. The number of amides is 1. The first kappa shape index (κ1) is 17.7. The minimum atomic E-state index is 0.0654. The number of rotatable bonds is 6. The normalized spacial score (nSPS) is 24.9. The zero-order valence-electron chi connectivity index (χ0n) is 14.4. The number of hydrogen-bond donors (Lipinski definition) is 2. The van der Waals surface area contributed by atoms with Crippen LogP contribution in [0.5, 0.6) is 0 Å². The van der Waals surface area contributed by atoms with Gasteiger partial charge in [0.25, 0.3) is 0 Å². The van der Waals surface area contributed by atoms with Gasteiger partial charge < -0.3 is 16.0 Å². The average molecular weight is 310 g/mol. The molecule has 1 heterocycles. The van der Waals surface area contributed by atoms with E-state index in [1.807, 2.05) is 0 Å². The Labute approximate surface area is 135 Å². The Balaban J connectivity index is 1.73. The molecule has 0 aromatic rings. The van der Waals surface area contributed by atoms with Gasteiger partial charge in [-0.25, -0.2) is 0 Å². The van der Waals surface area contributed by atoms with E-state index >= 15 is 0 Å². The molecular weight excluding hydrogens is 276 g/mol. The van der Waals surface area contributed by atoms with Crippen LogP contribution in [0.25, 0.3) is 0 Å². The highest BCUT2D eigenvalue weighted by molar-refractivity contribution is 5.77. The maximum absolute atomic E-state index is 12.4. The van der Waals surface area contributed by atoms with Crippen molar-refractivity contribution in [3.63, 3.8) is 0 Å². The molecule has 128 valence electrons. The second-order valence-corrected chi connectivity index (χ2v) is 7.51. The minimum absolute atomic E-state index is 0.0654. The van der Waals surface area contributed by atoms with Gasteiger partial charge in [0.1, 0.15) is 0 Å². The molecule has 0 aromatic carbocycles. The summed E-state index contributed by atoms with van der Waals surface area (Å²) in [5.41, 5.74) is 6.05. The molecule has 1 amide bonds. The Morgan fingerprint density at radius 1 is 1.18 bits per heavy atom. The molecule has 1 aliphatic heterocycles. The van der Waals surface area contributed by atoms with Crippen LogP contribution < -0.4 is 11.1 Å². The third-order valence-electron chi connectivity index (χ3n) is 5.42. The third-order valence-corrected chi connectivity index (χ3v) is 5.42. The van der Waals surface area contributed by atoms with Gasteiger partial charge in [-0.3, -0.25) is 9.69 Å². The minimum Gasteiger partial charge on any atom is -0.352 e. The standard InChI is InChI=1S/C17H34N4O/c1-15(13-21-10-8-20(2)9-11-21)19-16(22)12-17(14-18)6-4-3-5-7-17/h15H,3-14,18H2,1-2H3,(H,19,22). The number of hydrogen-bond acceptors (Lipinski definition) is 4. The lowest BCUT2D eigenvalue weighted by Gasteiger charge is -2.37. The molecule has 0 bridgehead atoms. The van der Waals surface area contributed by atoms with E-state index in [1.165, 1.54) is 19.3 Å². The SMILES string of the molecule is CC(CN1CCN(C)CC1)NC(=O)CC1(CN)CCCCC1. The lowest BCUT2D eigenvalue weighted by atomic mass is 9.71. The summed E-state index contributed by atoms with van der Waals surface area (Å²) >= 11 is 0. The van der Waals surface area contributed by atoms with Crippen molar-refractivity contribution < 1.29 is 4.79 Å². The molecule has 1 saturated carbocycles. The summed E-state index contributed by atoms with van der Waals surface area (Å²) in [4.78, 5) is 17.2. The van der Waals surface area contributed by atoms with Crippen LogP contribution in [0.1, 0.15) is 45.4 Å². The highest BCUT2D eigenvalue weighted by Crippen LogP contribution is 2.38. The predicted octanol–water partition coefficient (Wildman–Crippen LogP) is 1.04. The van der Waals surface area contributed by atoms with Crippen LogP contribution >= 0.6 is 0 Å².